The van der Waals surface area contributed by atoms with Crippen molar-refractivity contribution in [1.29, 1.82) is 0 Å². The summed E-state index contributed by atoms with van der Waals surface area (Å²) in [5.74, 6) is 2.14. The normalized spacial score (nSPS) is 14.7. The molecule has 10 heteroatoms. The van der Waals surface area contributed by atoms with Crippen LogP contribution in [0.15, 0.2) is 28.5 Å². The van der Waals surface area contributed by atoms with Gasteiger partial charge in [-0.05, 0) is 69.4 Å². The van der Waals surface area contributed by atoms with E-state index in [4.69, 9.17) is 21.4 Å². The molecule has 0 spiro atoms. The van der Waals surface area contributed by atoms with Crippen LogP contribution in [0.5, 0.6) is 0 Å². The maximum Gasteiger partial charge on any atom is 0.408 e. The number of hydrogen-bond donors (Lipinski definition) is 1. The Bertz CT molecular complexity index is 955. The summed E-state index contributed by atoms with van der Waals surface area (Å²) in [5.41, 5.74) is 2.34. The van der Waals surface area contributed by atoms with E-state index in [1.54, 1.807) is 28.2 Å². The maximum absolute atomic E-state index is 12.4. The summed E-state index contributed by atoms with van der Waals surface area (Å²) in [5, 5.41) is 17.8. The number of fused-ring (bicyclic) bond motifs is 1. The third-order valence-corrected chi connectivity index (χ3v) is 6.30. The number of alkyl carbamates (subject to hydrolysis) is 1. The Labute approximate surface area is 190 Å². The number of amides is 1. The Balaban J connectivity index is 1.90. The number of rotatable bonds is 6. The average molecular weight is 468 g/mol. The molecule has 0 aliphatic carbocycles. The van der Waals surface area contributed by atoms with Gasteiger partial charge in [0.25, 0.3) is 0 Å². The van der Waals surface area contributed by atoms with E-state index in [0.29, 0.717) is 23.2 Å². The zero-order valence-electron chi connectivity index (χ0n) is 17.7. The Morgan fingerprint density at radius 2 is 2.17 bits per heavy atom. The highest BCUT2D eigenvalue weighted by Gasteiger charge is 2.28. The number of carbonyl (C=O) groups excluding carboxylic acids is 1. The highest BCUT2D eigenvalue weighted by atomic mass is 35.5. The topological polar surface area (TPSA) is 81.4 Å². The van der Waals surface area contributed by atoms with Gasteiger partial charge in [-0.25, -0.2) is 4.79 Å². The van der Waals surface area contributed by atoms with Crippen molar-refractivity contribution < 1.29 is 9.53 Å². The molecule has 1 aliphatic rings. The quantitative estimate of drug-likeness (QED) is 0.649. The van der Waals surface area contributed by atoms with Gasteiger partial charge in [0.15, 0.2) is 5.82 Å². The third kappa shape index (κ3) is 5.70. The molecule has 1 unspecified atom stereocenters. The number of nitrogens with one attached hydrogen (secondary N) is 1. The highest BCUT2D eigenvalue weighted by molar-refractivity contribution is 7.99. The number of benzene rings is 1. The van der Waals surface area contributed by atoms with Crippen LogP contribution in [0.1, 0.15) is 50.2 Å². The van der Waals surface area contributed by atoms with Gasteiger partial charge < -0.3 is 10.1 Å². The van der Waals surface area contributed by atoms with Crippen LogP contribution in [0, 0.1) is 6.92 Å². The summed E-state index contributed by atoms with van der Waals surface area (Å²) in [4.78, 5) is 12.4. The molecule has 1 aromatic carbocycles. The minimum absolute atomic E-state index is 0.357. The first-order chi connectivity index (χ1) is 14.2. The molecule has 0 bridgehead atoms. The minimum atomic E-state index is -0.577. The summed E-state index contributed by atoms with van der Waals surface area (Å²) < 4.78 is 7.17. The molecule has 1 aromatic heterocycles. The van der Waals surface area contributed by atoms with Crippen molar-refractivity contribution in [2.45, 2.75) is 50.9 Å². The molecule has 0 radical (unpaired) electrons. The van der Waals surface area contributed by atoms with Gasteiger partial charge in [-0.3, -0.25) is 0 Å². The molecule has 2 aromatic rings. The molecule has 1 aliphatic heterocycles. The lowest BCUT2D eigenvalue weighted by molar-refractivity contribution is 0.0499. The first kappa shape index (κ1) is 23.0. The maximum atomic E-state index is 12.4. The number of ether oxygens (including phenoxy) is 1. The minimum Gasteiger partial charge on any atom is -0.444 e. The fraction of sp³-hybridized carbons (Fsp3) is 0.500. The second kappa shape index (κ2) is 9.62. The summed E-state index contributed by atoms with van der Waals surface area (Å²) in [6.45, 7) is 7.48. The largest absolute Gasteiger partial charge is 0.444 e. The van der Waals surface area contributed by atoms with Crippen LogP contribution in [0.25, 0.3) is 0 Å². The Morgan fingerprint density at radius 1 is 1.40 bits per heavy atom. The lowest BCUT2D eigenvalue weighted by atomic mass is 10.1. The molecule has 162 valence electrons. The van der Waals surface area contributed by atoms with Crippen molar-refractivity contribution >= 4 is 46.9 Å². The Kier molecular flexibility index (Phi) is 7.36. The van der Waals surface area contributed by atoms with Gasteiger partial charge in [0.1, 0.15) is 5.60 Å². The smallest absolute Gasteiger partial charge is 0.408 e. The second-order valence-corrected chi connectivity index (χ2v) is 10.3. The molecule has 0 fully saturated rings. The van der Waals surface area contributed by atoms with Gasteiger partial charge in [-0.1, -0.05) is 29.4 Å². The average Bonchev–Trinajstić information content (AvgIpc) is 3.09. The molecule has 1 N–H and O–H groups in total. The summed E-state index contributed by atoms with van der Waals surface area (Å²) in [7, 11) is 0. The van der Waals surface area contributed by atoms with Gasteiger partial charge in [-0.15, -0.1) is 10.2 Å². The van der Waals surface area contributed by atoms with E-state index in [9.17, 15) is 4.79 Å². The van der Waals surface area contributed by atoms with E-state index < -0.39 is 11.7 Å². The number of hydrogen-bond acceptors (Lipinski definition) is 7. The molecular formula is C20H26ClN5O2S2. The van der Waals surface area contributed by atoms with Crippen LogP contribution in [0.4, 0.5) is 4.79 Å². The molecule has 3 rings (SSSR count). The second-order valence-electron chi connectivity index (χ2n) is 7.93. The number of aryl methyl sites for hydroxylation is 1. The van der Waals surface area contributed by atoms with E-state index >= 15 is 0 Å². The summed E-state index contributed by atoms with van der Waals surface area (Å²) in [6, 6.07) is 5.52. The van der Waals surface area contributed by atoms with Crippen LogP contribution >= 0.6 is 35.1 Å². The predicted molar refractivity (Wildman–Crippen MR) is 124 cm³/mol. The monoisotopic (exact) mass is 467 g/mol. The SMILES string of the molecule is CSCCC(NC(=O)OC(C)(C)C)c1nnc2n1N=C(c1ccc(Cl)c(C)c1)CS2. The standard InChI is InChI=1S/C20H26ClN5O2S2/c1-12-10-13(6-7-14(12)21)16-11-30-18-24-23-17(26(18)25-16)15(8-9-29-5)22-19(27)28-20(2,3)4/h6-7,10,15H,8-9,11H2,1-5H3,(H,22,27). The van der Waals surface area contributed by atoms with Gasteiger partial charge in [-0.2, -0.15) is 21.5 Å². The van der Waals surface area contributed by atoms with Crippen LogP contribution in [-0.4, -0.2) is 50.0 Å². The molecule has 0 saturated heterocycles. The van der Waals surface area contributed by atoms with Gasteiger partial charge in [0, 0.05) is 10.8 Å². The number of aromatic nitrogens is 3. The van der Waals surface area contributed by atoms with Crippen LogP contribution < -0.4 is 5.32 Å². The highest BCUT2D eigenvalue weighted by Crippen LogP contribution is 2.29. The van der Waals surface area contributed by atoms with Gasteiger partial charge >= 0.3 is 6.09 Å². The van der Waals surface area contributed by atoms with Gasteiger partial charge in [0.2, 0.25) is 5.16 Å². The molecule has 1 atom stereocenters. The Morgan fingerprint density at radius 3 is 2.83 bits per heavy atom. The first-order valence-electron chi connectivity index (χ1n) is 9.59. The van der Waals surface area contributed by atoms with Crippen molar-refractivity contribution in [2.75, 3.05) is 17.8 Å². The van der Waals surface area contributed by atoms with Crippen LogP contribution in [0.2, 0.25) is 5.02 Å². The van der Waals surface area contributed by atoms with Crippen molar-refractivity contribution in [2.24, 2.45) is 5.10 Å². The van der Waals surface area contributed by atoms with E-state index in [2.05, 4.69) is 15.5 Å². The molecule has 1 amide bonds. The molecule has 7 nitrogen and oxygen atoms in total. The molecular weight excluding hydrogens is 442 g/mol. The summed E-state index contributed by atoms with van der Waals surface area (Å²) in [6.07, 6.45) is 2.24. The Hall–Kier alpha value is -1.71. The lowest BCUT2D eigenvalue weighted by Crippen LogP contribution is -2.36. The van der Waals surface area contributed by atoms with E-state index in [0.717, 1.165) is 27.6 Å². The summed E-state index contributed by atoms with van der Waals surface area (Å²) >= 11 is 9.44. The van der Waals surface area contributed by atoms with E-state index in [1.807, 2.05) is 52.1 Å². The lowest BCUT2D eigenvalue weighted by Gasteiger charge is -2.23. The zero-order valence-corrected chi connectivity index (χ0v) is 20.1. The molecule has 0 saturated carbocycles. The van der Waals surface area contributed by atoms with Gasteiger partial charge in [0.05, 0.1) is 11.8 Å². The van der Waals surface area contributed by atoms with E-state index in [1.165, 1.54) is 0 Å². The van der Waals surface area contributed by atoms with Crippen molar-refractivity contribution in [3.8, 4) is 0 Å². The molecule has 30 heavy (non-hydrogen) atoms. The third-order valence-electron chi connectivity index (χ3n) is 4.30. The van der Waals surface area contributed by atoms with Crippen LogP contribution in [-0.2, 0) is 4.74 Å². The zero-order chi connectivity index (χ0) is 21.9. The van der Waals surface area contributed by atoms with Crippen LogP contribution in [0.3, 0.4) is 0 Å². The fourth-order valence-electron chi connectivity index (χ4n) is 2.88. The number of thioether (sulfide) groups is 2. The fourth-order valence-corrected chi connectivity index (χ4v) is 4.31. The number of carbonyl (C=O) groups is 1. The van der Waals surface area contributed by atoms with Crippen molar-refractivity contribution in [1.82, 2.24) is 20.2 Å². The molecule has 2 heterocycles. The number of halogens is 1. The first-order valence-corrected chi connectivity index (χ1v) is 12.3. The number of nitrogens with zero attached hydrogens (tertiary/aromatic N) is 4. The van der Waals surface area contributed by atoms with Crippen molar-refractivity contribution in [3.63, 3.8) is 0 Å². The van der Waals surface area contributed by atoms with Crippen molar-refractivity contribution in [3.05, 3.63) is 40.2 Å². The van der Waals surface area contributed by atoms with E-state index in [-0.39, 0.29) is 6.04 Å². The predicted octanol–water partition coefficient (Wildman–Crippen LogP) is 4.92.